The number of amides is 1. The summed E-state index contributed by atoms with van der Waals surface area (Å²) in [4.78, 5) is 24.6. The van der Waals surface area contributed by atoms with Gasteiger partial charge < -0.3 is 10.0 Å². The molecule has 0 saturated carbocycles. The van der Waals surface area contributed by atoms with E-state index in [1.807, 2.05) is 45.0 Å². The summed E-state index contributed by atoms with van der Waals surface area (Å²) in [5.41, 5.74) is 2.00. The summed E-state index contributed by atoms with van der Waals surface area (Å²) >= 11 is 0. The van der Waals surface area contributed by atoms with Crippen LogP contribution in [0.1, 0.15) is 31.4 Å². The van der Waals surface area contributed by atoms with E-state index in [-0.39, 0.29) is 24.9 Å². The Morgan fingerprint density at radius 2 is 1.95 bits per heavy atom. The Morgan fingerprint density at radius 1 is 1.32 bits per heavy atom. The van der Waals surface area contributed by atoms with Gasteiger partial charge in [-0.3, -0.25) is 9.59 Å². The van der Waals surface area contributed by atoms with E-state index in [0.717, 1.165) is 17.5 Å². The standard InChI is InChI=1S/C15H21NO3/c1-4-12(3)16(10-15(18)19)14(17)9-13-8-6-5-7-11(13)2/h5-8,12H,4,9-10H2,1-3H3,(H,18,19). The molecule has 0 spiro atoms. The topological polar surface area (TPSA) is 57.6 Å². The van der Waals surface area contributed by atoms with Gasteiger partial charge in [0.05, 0.1) is 6.42 Å². The van der Waals surface area contributed by atoms with Crippen LogP contribution >= 0.6 is 0 Å². The third kappa shape index (κ3) is 4.39. The number of benzene rings is 1. The van der Waals surface area contributed by atoms with Gasteiger partial charge in [0.15, 0.2) is 0 Å². The molecule has 0 fully saturated rings. The number of aryl methyl sites for hydroxylation is 1. The van der Waals surface area contributed by atoms with Gasteiger partial charge in [-0.1, -0.05) is 31.2 Å². The van der Waals surface area contributed by atoms with Crippen LogP contribution in [0.15, 0.2) is 24.3 Å². The molecular formula is C15H21NO3. The third-order valence-electron chi connectivity index (χ3n) is 3.35. The molecule has 1 aromatic rings. The molecule has 0 bridgehead atoms. The number of carboxylic acids is 1. The highest BCUT2D eigenvalue weighted by molar-refractivity contribution is 5.83. The number of carbonyl (C=O) groups excluding carboxylic acids is 1. The van der Waals surface area contributed by atoms with Crippen LogP contribution in [0.3, 0.4) is 0 Å². The van der Waals surface area contributed by atoms with Gasteiger partial charge in [0, 0.05) is 6.04 Å². The summed E-state index contributed by atoms with van der Waals surface area (Å²) in [5, 5.41) is 8.90. The van der Waals surface area contributed by atoms with Crippen LogP contribution in [0.2, 0.25) is 0 Å². The molecule has 19 heavy (non-hydrogen) atoms. The first kappa shape index (κ1) is 15.2. The zero-order valence-electron chi connectivity index (χ0n) is 11.7. The fourth-order valence-electron chi connectivity index (χ4n) is 1.93. The van der Waals surface area contributed by atoms with Gasteiger partial charge in [0.2, 0.25) is 5.91 Å². The quantitative estimate of drug-likeness (QED) is 0.856. The maximum absolute atomic E-state index is 12.3. The highest BCUT2D eigenvalue weighted by Crippen LogP contribution is 2.12. The molecule has 0 heterocycles. The van der Waals surface area contributed by atoms with Crippen molar-refractivity contribution < 1.29 is 14.7 Å². The van der Waals surface area contributed by atoms with E-state index in [0.29, 0.717) is 0 Å². The maximum atomic E-state index is 12.3. The van der Waals surface area contributed by atoms with Crippen LogP contribution in [0.4, 0.5) is 0 Å². The van der Waals surface area contributed by atoms with Gasteiger partial charge in [-0.15, -0.1) is 0 Å². The summed E-state index contributed by atoms with van der Waals surface area (Å²) in [5.74, 6) is -1.11. The van der Waals surface area contributed by atoms with Gasteiger partial charge in [0.1, 0.15) is 6.54 Å². The van der Waals surface area contributed by atoms with E-state index in [2.05, 4.69) is 0 Å². The van der Waals surface area contributed by atoms with Gasteiger partial charge >= 0.3 is 5.97 Å². The second-order valence-corrected chi connectivity index (χ2v) is 4.78. The minimum absolute atomic E-state index is 0.0624. The monoisotopic (exact) mass is 263 g/mol. The van der Waals surface area contributed by atoms with Crippen molar-refractivity contribution in [2.45, 2.75) is 39.7 Å². The number of rotatable bonds is 6. The molecule has 0 aromatic heterocycles. The predicted octanol–water partition coefficient (Wildman–Crippen LogP) is 2.25. The highest BCUT2D eigenvalue weighted by atomic mass is 16.4. The largest absolute Gasteiger partial charge is 0.480 e. The Morgan fingerprint density at radius 3 is 2.47 bits per heavy atom. The zero-order valence-corrected chi connectivity index (χ0v) is 11.7. The molecule has 0 saturated heterocycles. The second kappa shape index (κ2) is 6.92. The van der Waals surface area contributed by atoms with Crippen LogP contribution < -0.4 is 0 Å². The van der Waals surface area contributed by atoms with E-state index >= 15 is 0 Å². The normalized spacial score (nSPS) is 11.9. The average Bonchev–Trinajstić information content (AvgIpc) is 2.37. The highest BCUT2D eigenvalue weighted by Gasteiger charge is 2.21. The number of hydrogen-bond acceptors (Lipinski definition) is 2. The number of carboxylic acid groups (broad SMARTS) is 1. The molecule has 1 rings (SSSR count). The van der Waals surface area contributed by atoms with E-state index < -0.39 is 5.97 Å². The minimum atomic E-state index is -0.974. The molecule has 0 aliphatic carbocycles. The van der Waals surface area contributed by atoms with Crippen molar-refractivity contribution in [1.29, 1.82) is 0 Å². The lowest BCUT2D eigenvalue weighted by atomic mass is 10.0. The molecule has 4 heteroatoms. The minimum Gasteiger partial charge on any atom is -0.480 e. The average molecular weight is 263 g/mol. The number of hydrogen-bond donors (Lipinski definition) is 1. The number of aliphatic carboxylic acids is 1. The molecule has 0 aliphatic heterocycles. The Balaban J connectivity index is 2.82. The molecule has 1 amide bonds. The van der Waals surface area contributed by atoms with Crippen molar-refractivity contribution in [3.05, 3.63) is 35.4 Å². The summed E-state index contributed by atoms with van der Waals surface area (Å²) < 4.78 is 0. The Hall–Kier alpha value is -1.84. The van der Waals surface area contributed by atoms with Crippen LogP contribution in [-0.2, 0) is 16.0 Å². The lowest BCUT2D eigenvalue weighted by Crippen LogP contribution is -2.42. The molecule has 104 valence electrons. The maximum Gasteiger partial charge on any atom is 0.323 e. The number of nitrogens with zero attached hydrogens (tertiary/aromatic N) is 1. The fourth-order valence-corrected chi connectivity index (χ4v) is 1.93. The van der Waals surface area contributed by atoms with E-state index in [9.17, 15) is 9.59 Å². The SMILES string of the molecule is CCC(C)N(CC(=O)O)C(=O)Cc1ccccc1C. The fraction of sp³-hybridized carbons (Fsp3) is 0.467. The lowest BCUT2D eigenvalue weighted by molar-refractivity contribution is -0.145. The van der Waals surface area contributed by atoms with Crippen molar-refractivity contribution >= 4 is 11.9 Å². The molecule has 1 unspecified atom stereocenters. The Bertz CT molecular complexity index is 456. The third-order valence-corrected chi connectivity index (χ3v) is 3.35. The lowest BCUT2D eigenvalue weighted by Gasteiger charge is -2.27. The van der Waals surface area contributed by atoms with E-state index in [1.54, 1.807) is 0 Å². The van der Waals surface area contributed by atoms with Crippen molar-refractivity contribution in [2.24, 2.45) is 0 Å². The molecule has 4 nitrogen and oxygen atoms in total. The van der Waals surface area contributed by atoms with Crippen LogP contribution in [0, 0.1) is 6.92 Å². The van der Waals surface area contributed by atoms with Crippen LogP contribution in [0.5, 0.6) is 0 Å². The van der Waals surface area contributed by atoms with Gasteiger partial charge in [0.25, 0.3) is 0 Å². The molecule has 1 aromatic carbocycles. The zero-order chi connectivity index (χ0) is 14.4. The first-order valence-electron chi connectivity index (χ1n) is 6.51. The summed E-state index contributed by atoms with van der Waals surface area (Å²) in [6.45, 7) is 5.53. The van der Waals surface area contributed by atoms with Crippen LogP contribution in [0.25, 0.3) is 0 Å². The van der Waals surface area contributed by atoms with Gasteiger partial charge in [-0.05, 0) is 31.4 Å². The van der Waals surface area contributed by atoms with Crippen molar-refractivity contribution in [3.63, 3.8) is 0 Å². The molecule has 1 atom stereocenters. The van der Waals surface area contributed by atoms with Gasteiger partial charge in [-0.25, -0.2) is 0 Å². The molecular weight excluding hydrogens is 242 g/mol. The van der Waals surface area contributed by atoms with E-state index in [4.69, 9.17) is 5.11 Å². The smallest absolute Gasteiger partial charge is 0.323 e. The van der Waals surface area contributed by atoms with Crippen molar-refractivity contribution in [2.75, 3.05) is 6.54 Å². The predicted molar refractivity (Wildman–Crippen MR) is 74.0 cm³/mol. The molecule has 1 N–H and O–H groups in total. The Kier molecular flexibility index (Phi) is 5.55. The summed E-state index contributed by atoms with van der Waals surface area (Å²) in [7, 11) is 0. The van der Waals surface area contributed by atoms with Crippen molar-refractivity contribution in [1.82, 2.24) is 4.90 Å². The van der Waals surface area contributed by atoms with Crippen molar-refractivity contribution in [3.8, 4) is 0 Å². The molecule has 0 radical (unpaired) electrons. The Labute approximate surface area is 114 Å². The summed E-state index contributed by atoms with van der Waals surface area (Å²) in [6.07, 6.45) is 0.997. The second-order valence-electron chi connectivity index (χ2n) is 4.78. The summed E-state index contributed by atoms with van der Waals surface area (Å²) in [6, 6.07) is 7.61. The van der Waals surface area contributed by atoms with E-state index in [1.165, 1.54) is 4.90 Å². The first-order chi connectivity index (χ1) is 8.95. The number of carbonyl (C=O) groups is 2. The first-order valence-corrected chi connectivity index (χ1v) is 6.51. The van der Waals surface area contributed by atoms with Crippen LogP contribution in [-0.4, -0.2) is 34.5 Å². The van der Waals surface area contributed by atoms with Gasteiger partial charge in [-0.2, -0.15) is 0 Å². The molecule has 0 aliphatic rings.